The smallest absolute Gasteiger partial charge is 0.272 e. The molecule has 0 spiro atoms. The molecule has 4 nitrogen and oxygen atoms in total. The molecule has 0 aliphatic carbocycles. The second kappa shape index (κ2) is 4.61. The fourth-order valence-electron chi connectivity index (χ4n) is 1.33. The minimum atomic E-state index is -0.562. The molecule has 0 aliphatic heterocycles. The second-order valence-corrected chi connectivity index (χ2v) is 3.37. The van der Waals surface area contributed by atoms with Crippen molar-refractivity contribution in [2.45, 2.75) is 0 Å². The minimum absolute atomic E-state index is 0.0715. The number of anilines is 1. The first-order valence-electron chi connectivity index (χ1n) is 4.91. The van der Waals surface area contributed by atoms with Crippen LogP contribution in [0.1, 0.15) is 10.5 Å². The number of aromatic nitrogens is 1. The molecule has 17 heavy (non-hydrogen) atoms. The molecule has 0 saturated carbocycles. The lowest BCUT2D eigenvalue weighted by Crippen LogP contribution is -2.16. The number of benzene rings is 1. The molecular weight excluding hydrogens is 223 g/mol. The van der Waals surface area contributed by atoms with E-state index < -0.39 is 11.7 Å². The Balaban J connectivity index is 2.23. The van der Waals surface area contributed by atoms with Crippen molar-refractivity contribution in [2.75, 3.05) is 5.32 Å². The van der Waals surface area contributed by atoms with Crippen LogP contribution in [-0.2, 0) is 0 Å². The number of nitrogens with one attached hydrogen (secondary N) is 2. The average molecular weight is 232 g/mol. The van der Waals surface area contributed by atoms with Crippen LogP contribution >= 0.6 is 0 Å². The van der Waals surface area contributed by atoms with Gasteiger partial charge in [0, 0.05) is 18.3 Å². The Bertz CT molecular complexity index is 607. The number of carbonyl (C=O) groups is 1. The zero-order chi connectivity index (χ0) is 12.3. The van der Waals surface area contributed by atoms with Gasteiger partial charge in [0.05, 0.1) is 5.69 Å². The maximum atomic E-state index is 13.3. The Kier molecular flexibility index (Phi) is 3.00. The summed E-state index contributed by atoms with van der Waals surface area (Å²) in [6.45, 7) is 0. The number of amides is 1. The highest BCUT2D eigenvalue weighted by Gasteiger charge is 2.09. The third-order valence-electron chi connectivity index (χ3n) is 2.14. The van der Waals surface area contributed by atoms with E-state index in [1.807, 2.05) is 0 Å². The van der Waals surface area contributed by atoms with Crippen molar-refractivity contribution < 1.29 is 9.18 Å². The quantitative estimate of drug-likeness (QED) is 0.828. The largest absolute Gasteiger partial charge is 0.357 e. The van der Waals surface area contributed by atoms with Crippen LogP contribution in [-0.4, -0.2) is 10.9 Å². The number of hydrogen-bond acceptors (Lipinski definition) is 2. The Morgan fingerprint density at radius 1 is 1.24 bits per heavy atom. The van der Waals surface area contributed by atoms with Gasteiger partial charge in [-0.15, -0.1) is 0 Å². The van der Waals surface area contributed by atoms with E-state index >= 15 is 0 Å². The van der Waals surface area contributed by atoms with E-state index in [-0.39, 0.29) is 16.8 Å². The highest BCUT2D eigenvalue weighted by molar-refractivity contribution is 6.02. The zero-order valence-electron chi connectivity index (χ0n) is 8.74. The molecule has 2 rings (SSSR count). The van der Waals surface area contributed by atoms with E-state index in [4.69, 9.17) is 0 Å². The average Bonchev–Trinajstić information content (AvgIpc) is 2.32. The summed E-state index contributed by atoms with van der Waals surface area (Å²) in [7, 11) is 0. The lowest BCUT2D eigenvalue weighted by atomic mass is 10.3. The third-order valence-corrected chi connectivity index (χ3v) is 2.14. The van der Waals surface area contributed by atoms with Crippen LogP contribution in [0.2, 0.25) is 0 Å². The predicted octanol–water partition coefficient (Wildman–Crippen LogP) is 1.77. The van der Waals surface area contributed by atoms with Gasteiger partial charge in [-0.3, -0.25) is 9.59 Å². The SMILES string of the molecule is O=C(Nc1ccccc1F)c1cc(=O)cc[nH]1. The topological polar surface area (TPSA) is 62.0 Å². The Morgan fingerprint density at radius 3 is 2.71 bits per heavy atom. The molecule has 1 heterocycles. The van der Waals surface area contributed by atoms with Gasteiger partial charge < -0.3 is 10.3 Å². The Morgan fingerprint density at radius 2 is 2.00 bits per heavy atom. The number of halogens is 1. The summed E-state index contributed by atoms with van der Waals surface area (Å²) in [5.74, 6) is -1.09. The molecule has 2 N–H and O–H groups in total. The molecule has 5 heteroatoms. The standard InChI is InChI=1S/C12H9FN2O2/c13-9-3-1-2-4-10(9)15-12(17)11-7-8(16)5-6-14-11/h1-7H,(H,14,16)(H,15,17). The lowest BCUT2D eigenvalue weighted by molar-refractivity contribution is 0.102. The molecule has 0 unspecified atom stereocenters. The molecule has 1 aromatic carbocycles. The van der Waals surface area contributed by atoms with Crippen LogP contribution in [0.3, 0.4) is 0 Å². The predicted molar refractivity (Wildman–Crippen MR) is 61.4 cm³/mol. The van der Waals surface area contributed by atoms with Gasteiger partial charge in [0.15, 0.2) is 5.43 Å². The first-order valence-corrected chi connectivity index (χ1v) is 4.91. The number of para-hydroxylation sites is 1. The number of aromatic amines is 1. The van der Waals surface area contributed by atoms with E-state index in [2.05, 4.69) is 10.3 Å². The van der Waals surface area contributed by atoms with Crippen LogP contribution in [0.5, 0.6) is 0 Å². The fraction of sp³-hybridized carbons (Fsp3) is 0. The number of pyridine rings is 1. The summed E-state index contributed by atoms with van der Waals surface area (Å²) in [5, 5.41) is 2.37. The number of hydrogen-bond donors (Lipinski definition) is 2. The molecular formula is C12H9FN2O2. The summed E-state index contributed by atoms with van der Waals surface area (Å²) in [6.07, 6.45) is 1.36. The highest BCUT2D eigenvalue weighted by atomic mass is 19.1. The molecule has 0 radical (unpaired) electrons. The van der Waals surface area contributed by atoms with Crippen LogP contribution in [0, 0.1) is 5.82 Å². The van der Waals surface area contributed by atoms with Gasteiger partial charge in [-0.25, -0.2) is 4.39 Å². The summed E-state index contributed by atoms with van der Waals surface area (Å²) < 4.78 is 13.3. The van der Waals surface area contributed by atoms with Crippen LogP contribution in [0.15, 0.2) is 47.4 Å². The molecule has 0 aliphatic rings. The van der Waals surface area contributed by atoms with Gasteiger partial charge >= 0.3 is 0 Å². The lowest BCUT2D eigenvalue weighted by Gasteiger charge is -2.05. The van der Waals surface area contributed by atoms with Crippen molar-refractivity contribution in [1.82, 2.24) is 4.98 Å². The van der Waals surface area contributed by atoms with Crippen LogP contribution in [0.25, 0.3) is 0 Å². The molecule has 86 valence electrons. The van der Waals surface area contributed by atoms with Crippen molar-refractivity contribution in [2.24, 2.45) is 0 Å². The van der Waals surface area contributed by atoms with E-state index in [0.29, 0.717) is 0 Å². The van der Waals surface area contributed by atoms with Crippen LogP contribution < -0.4 is 10.7 Å². The maximum Gasteiger partial charge on any atom is 0.272 e. The van der Waals surface area contributed by atoms with E-state index in [1.165, 1.54) is 30.5 Å². The van der Waals surface area contributed by atoms with Crippen molar-refractivity contribution in [3.63, 3.8) is 0 Å². The highest BCUT2D eigenvalue weighted by Crippen LogP contribution is 2.12. The molecule has 2 aromatic rings. The Hall–Kier alpha value is -2.43. The van der Waals surface area contributed by atoms with Gasteiger partial charge in [0.2, 0.25) is 0 Å². The number of rotatable bonds is 2. The first-order chi connectivity index (χ1) is 8.16. The van der Waals surface area contributed by atoms with Crippen molar-refractivity contribution in [3.05, 3.63) is 64.3 Å². The van der Waals surface area contributed by atoms with Crippen LogP contribution in [0.4, 0.5) is 10.1 Å². The first kappa shape index (κ1) is 11.1. The number of H-pyrrole nitrogens is 1. The van der Waals surface area contributed by atoms with Gasteiger partial charge in [-0.1, -0.05) is 12.1 Å². The molecule has 0 atom stereocenters. The summed E-state index contributed by atoms with van der Waals surface area (Å²) in [5.41, 5.74) is -0.134. The normalized spacial score (nSPS) is 9.94. The van der Waals surface area contributed by atoms with Crippen molar-refractivity contribution in [1.29, 1.82) is 0 Å². The van der Waals surface area contributed by atoms with Crippen molar-refractivity contribution >= 4 is 11.6 Å². The number of carbonyl (C=O) groups excluding carboxylic acids is 1. The molecule has 0 saturated heterocycles. The van der Waals surface area contributed by atoms with Gasteiger partial charge in [-0.05, 0) is 12.1 Å². The Labute approximate surface area is 96.1 Å². The van der Waals surface area contributed by atoms with E-state index in [0.717, 1.165) is 6.07 Å². The zero-order valence-corrected chi connectivity index (χ0v) is 8.74. The maximum absolute atomic E-state index is 13.3. The molecule has 1 amide bonds. The summed E-state index contributed by atoms with van der Waals surface area (Å²) >= 11 is 0. The minimum Gasteiger partial charge on any atom is -0.357 e. The van der Waals surface area contributed by atoms with Gasteiger partial charge in [-0.2, -0.15) is 0 Å². The molecule has 0 fully saturated rings. The van der Waals surface area contributed by atoms with Crippen molar-refractivity contribution in [3.8, 4) is 0 Å². The summed E-state index contributed by atoms with van der Waals surface area (Å²) in [6, 6.07) is 8.25. The van der Waals surface area contributed by atoms with E-state index in [1.54, 1.807) is 6.07 Å². The molecule has 1 aromatic heterocycles. The third kappa shape index (κ3) is 2.57. The molecule has 0 bridgehead atoms. The monoisotopic (exact) mass is 232 g/mol. The van der Waals surface area contributed by atoms with Gasteiger partial charge in [0.1, 0.15) is 11.5 Å². The second-order valence-electron chi connectivity index (χ2n) is 3.37. The summed E-state index contributed by atoms with van der Waals surface area (Å²) in [4.78, 5) is 25.3. The van der Waals surface area contributed by atoms with E-state index in [9.17, 15) is 14.0 Å². The fourth-order valence-corrected chi connectivity index (χ4v) is 1.33. The van der Waals surface area contributed by atoms with Gasteiger partial charge in [0.25, 0.3) is 5.91 Å².